The van der Waals surface area contributed by atoms with E-state index in [1.54, 1.807) is 0 Å². The topological polar surface area (TPSA) is 12.0 Å². The SMILES string of the molecule is CC(C)CC/C=C\CNC(C)C(C)C. The predicted octanol–water partition coefficient (Wildman–Crippen LogP) is 3.61. The van der Waals surface area contributed by atoms with Crippen LogP contribution in [0, 0.1) is 11.8 Å². The Bertz CT molecular complexity index is 147. The second-order valence-electron chi connectivity index (χ2n) is 4.88. The van der Waals surface area contributed by atoms with Crippen LogP contribution >= 0.6 is 0 Å². The lowest BCUT2D eigenvalue weighted by Crippen LogP contribution is -2.30. The summed E-state index contributed by atoms with van der Waals surface area (Å²) in [5.41, 5.74) is 0. The first-order valence-electron chi connectivity index (χ1n) is 5.92. The molecular formula is C13H27N. The highest BCUT2D eigenvalue weighted by molar-refractivity contribution is 4.85. The van der Waals surface area contributed by atoms with Gasteiger partial charge in [-0.05, 0) is 31.6 Å². The van der Waals surface area contributed by atoms with Crippen LogP contribution in [0.2, 0.25) is 0 Å². The molecule has 0 amide bonds. The van der Waals surface area contributed by atoms with Crippen LogP contribution in [-0.4, -0.2) is 12.6 Å². The van der Waals surface area contributed by atoms with E-state index < -0.39 is 0 Å². The molecule has 1 atom stereocenters. The Hall–Kier alpha value is -0.300. The van der Waals surface area contributed by atoms with Gasteiger partial charge in [0.25, 0.3) is 0 Å². The van der Waals surface area contributed by atoms with Gasteiger partial charge >= 0.3 is 0 Å². The zero-order valence-corrected chi connectivity index (χ0v) is 10.5. The molecular weight excluding hydrogens is 170 g/mol. The predicted molar refractivity (Wildman–Crippen MR) is 65.5 cm³/mol. The lowest BCUT2D eigenvalue weighted by Gasteiger charge is -2.15. The molecule has 0 bridgehead atoms. The summed E-state index contributed by atoms with van der Waals surface area (Å²) in [5.74, 6) is 1.54. The zero-order chi connectivity index (χ0) is 11.0. The van der Waals surface area contributed by atoms with Crippen LogP contribution in [0.4, 0.5) is 0 Å². The van der Waals surface area contributed by atoms with E-state index in [1.807, 2.05) is 0 Å². The quantitative estimate of drug-likeness (QED) is 0.615. The van der Waals surface area contributed by atoms with Crippen molar-refractivity contribution in [1.82, 2.24) is 5.32 Å². The van der Waals surface area contributed by atoms with Crippen molar-refractivity contribution in [2.75, 3.05) is 6.54 Å². The van der Waals surface area contributed by atoms with E-state index in [0.717, 1.165) is 18.4 Å². The molecule has 0 aromatic heterocycles. The third-order valence-electron chi connectivity index (χ3n) is 2.64. The molecule has 0 saturated carbocycles. The van der Waals surface area contributed by atoms with E-state index in [9.17, 15) is 0 Å². The van der Waals surface area contributed by atoms with Crippen molar-refractivity contribution in [2.24, 2.45) is 11.8 Å². The summed E-state index contributed by atoms with van der Waals surface area (Å²) in [7, 11) is 0. The van der Waals surface area contributed by atoms with Crippen molar-refractivity contribution >= 4 is 0 Å². The number of rotatable bonds is 7. The van der Waals surface area contributed by atoms with Crippen LogP contribution in [-0.2, 0) is 0 Å². The van der Waals surface area contributed by atoms with Crippen molar-refractivity contribution in [2.45, 2.75) is 53.5 Å². The standard InChI is InChI=1S/C13H27N/c1-11(2)9-7-6-8-10-14-13(5)12(3)4/h6,8,11-14H,7,9-10H2,1-5H3/b8-6-. The van der Waals surface area contributed by atoms with E-state index in [2.05, 4.69) is 52.1 Å². The van der Waals surface area contributed by atoms with Gasteiger partial charge in [0.15, 0.2) is 0 Å². The fraction of sp³-hybridized carbons (Fsp3) is 0.846. The van der Waals surface area contributed by atoms with Gasteiger partial charge in [-0.15, -0.1) is 0 Å². The monoisotopic (exact) mass is 197 g/mol. The Labute approximate surface area is 90.0 Å². The van der Waals surface area contributed by atoms with Gasteiger partial charge in [0, 0.05) is 12.6 Å². The maximum atomic E-state index is 3.48. The molecule has 0 saturated heterocycles. The molecule has 0 radical (unpaired) electrons. The fourth-order valence-corrected chi connectivity index (χ4v) is 1.12. The molecule has 0 aromatic rings. The van der Waals surface area contributed by atoms with Crippen molar-refractivity contribution in [3.63, 3.8) is 0 Å². The van der Waals surface area contributed by atoms with Gasteiger partial charge in [0.05, 0.1) is 0 Å². The summed E-state index contributed by atoms with van der Waals surface area (Å²) in [5, 5.41) is 3.48. The van der Waals surface area contributed by atoms with E-state index in [4.69, 9.17) is 0 Å². The van der Waals surface area contributed by atoms with E-state index in [-0.39, 0.29) is 0 Å². The first-order chi connectivity index (χ1) is 6.54. The van der Waals surface area contributed by atoms with Gasteiger partial charge in [0.2, 0.25) is 0 Å². The molecule has 0 spiro atoms. The molecule has 0 rings (SSSR count). The van der Waals surface area contributed by atoms with Crippen molar-refractivity contribution in [3.8, 4) is 0 Å². The van der Waals surface area contributed by atoms with Gasteiger partial charge in [-0.2, -0.15) is 0 Å². The molecule has 1 N–H and O–H groups in total. The normalized spacial score (nSPS) is 14.5. The van der Waals surface area contributed by atoms with E-state index in [1.165, 1.54) is 12.8 Å². The van der Waals surface area contributed by atoms with Gasteiger partial charge in [-0.3, -0.25) is 0 Å². The van der Waals surface area contributed by atoms with Crippen molar-refractivity contribution < 1.29 is 0 Å². The molecule has 1 heteroatoms. The maximum Gasteiger partial charge on any atom is 0.0137 e. The van der Waals surface area contributed by atoms with E-state index in [0.29, 0.717) is 6.04 Å². The highest BCUT2D eigenvalue weighted by atomic mass is 14.9. The van der Waals surface area contributed by atoms with Crippen molar-refractivity contribution in [1.29, 1.82) is 0 Å². The first kappa shape index (κ1) is 13.7. The largest absolute Gasteiger partial charge is 0.311 e. The molecule has 0 aliphatic carbocycles. The minimum Gasteiger partial charge on any atom is -0.311 e. The minimum absolute atomic E-state index is 0.616. The first-order valence-corrected chi connectivity index (χ1v) is 5.92. The second kappa shape index (κ2) is 8.05. The summed E-state index contributed by atoms with van der Waals surface area (Å²) >= 11 is 0. The maximum absolute atomic E-state index is 3.48. The van der Waals surface area contributed by atoms with Gasteiger partial charge in [0.1, 0.15) is 0 Å². The zero-order valence-electron chi connectivity index (χ0n) is 10.5. The summed E-state index contributed by atoms with van der Waals surface area (Å²) in [6.07, 6.45) is 7.06. The van der Waals surface area contributed by atoms with Crippen LogP contribution in [0.15, 0.2) is 12.2 Å². The Morgan fingerprint density at radius 1 is 1.00 bits per heavy atom. The number of hydrogen-bond acceptors (Lipinski definition) is 1. The summed E-state index contributed by atoms with van der Waals surface area (Å²) in [4.78, 5) is 0. The highest BCUT2D eigenvalue weighted by Crippen LogP contribution is 2.03. The second-order valence-corrected chi connectivity index (χ2v) is 4.88. The Morgan fingerprint density at radius 3 is 2.14 bits per heavy atom. The minimum atomic E-state index is 0.616. The van der Waals surface area contributed by atoms with Crippen LogP contribution in [0.1, 0.15) is 47.5 Å². The van der Waals surface area contributed by atoms with Crippen LogP contribution in [0.5, 0.6) is 0 Å². The van der Waals surface area contributed by atoms with Crippen LogP contribution < -0.4 is 5.32 Å². The number of allylic oxidation sites excluding steroid dienone is 1. The Balaban J connectivity index is 3.35. The van der Waals surface area contributed by atoms with Gasteiger partial charge in [-0.1, -0.05) is 39.8 Å². The smallest absolute Gasteiger partial charge is 0.0137 e. The lowest BCUT2D eigenvalue weighted by atomic mass is 10.1. The van der Waals surface area contributed by atoms with Crippen molar-refractivity contribution in [3.05, 3.63) is 12.2 Å². The Morgan fingerprint density at radius 2 is 1.64 bits per heavy atom. The third-order valence-corrected chi connectivity index (χ3v) is 2.64. The van der Waals surface area contributed by atoms with E-state index >= 15 is 0 Å². The average Bonchev–Trinajstić information content (AvgIpc) is 2.09. The molecule has 1 nitrogen and oxygen atoms in total. The molecule has 14 heavy (non-hydrogen) atoms. The summed E-state index contributed by atoms with van der Waals surface area (Å²) in [6, 6.07) is 0.616. The molecule has 1 unspecified atom stereocenters. The molecule has 0 heterocycles. The summed E-state index contributed by atoms with van der Waals surface area (Å²) in [6.45, 7) is 12.3. The molecule has 0 aliphatic rings. The highest BCUT2D eigenvalue weighted by Gasteiger charge is 2.03. The summed E-state index contributed by atoms with van der Waals surface area (Å²) < 4.78 is 0. The third kappa shape index (κ3) is 8.31. The fourth-order valence-electron chi connectivity index (χ4n) is 1.12. The molecule has 0 aliphatic heterocycles. The lowest BCUT2D eigenvalue weighted by molar-refractivity contribution is 0.444. The molecule has 84 valence electrons. The number of nitrogens with one attached hydrogen (secondary N) is 1. The van der Waals surface area contributed by atoms with Gasteiger partial charge < -0.3 is 5.32 Å². The number of hydrogen-bond donors (Lipinski definition) is 1. The van der Waals surface area contributed by atoms with Crippen LogP contribution in [0.3, 0.4) is 0 Å². The van der Waals surface area contributed by atoms with Gasteiger partial charge in [-0.25, -0.2) is 0 Å². The Kier molecular flexibility index (Phi) is 7.87. The average molecular weight is 197 g/mol. The molecule has 0 fully saturated rings. The molecule has 0 aromatic carbocycles. The van der Waals surface area contributed by atoms with Crippen LogP contribution in [0.25, 0.3) is 0 Å².